The Labute approximate surface area is 111 Å². The molecule has 2 rings (SSSR count). The first-order valence-electron chi connectivity index (χ1n) is 6.22. The number of aliphatic hydroxyl groups is 1. The molecular weight excluding hydrogens is 280 g/mol. The van der Waals surface area contributed by atoms with E-state index < -0.39 is 0 Å². The van der Waals surface area contributed by atoms with Crippen molar-refractivity contribution in [2.45, 2.75) is 44.8 Å². The number of hydrogen-bond donors (Lipinski definition) is 1. The molecule has 1 N–H and O–H groups in total. The lowest BCUT2D eigenvalue weighted by Gasteiger charge is -2.16. The van der Waals surface area contributed by atoms with Gasteiger partial charge in [0.25, 0.3) is 0 Å². The van der Waals surface area contributed by atoms with Gasteiger partial charge in [-0.3, -0.25) is 0 Å². The lowest BCUT2D eigenvalue weighted by Crippen LogP contribution is -2.08. The Morgan fingerprint density at radius 2 is 2.35 bits per heavy atom. The fourth-order valence-corrected chi connectivity index (χ4v) is 2.72. The molecule has 0 saturated carbocycles. The minimum atomic E-state index is -0.378. The van der Waals surface area contributed by atoms with Crippen LogP contribution in [-0.4, -0.2) is 17.8 Å². The van der Waals surface area contributed by atoms with Crippen molar-refractivity contribution in [3.8, 4) is 0 Å². The van der Waals surface area contributed by atoms with Crippen LogP contribution in [0.25, 0.3) is 0 Å². The van der Waals surface area contributed by atoms with Crippen molar-refractivity contribution < 1.29 is 9.84 Å². The predicted octanol–water partition coefficient (Wildman–Crippen LogP) is 3.75. The third-order valence-electron chi connectivity index (χ3n) is 3.39. The van der Waals surface area contributed by atoms with Gasteiger partial charge in [-0.05, 0) is 55.9 Å². The van der Waals surface area contributed by atoms with Gasteiger partial charge in [0.05, 0.1) is 12.2 Å². The fourth-order valence-electron chi connectivity index (χ4n) is 2.34. The Morgan fingerprint density at radius 3 is 3.06 bits per heavy atom. The third kappa shape index (κ3) is 3.54. The Bertz CT molecular complexity index is 372. The van der Waals surface area contributed by atoms with Gasteiger partial charge in [-0.2, -0.15) is 0 Å². The van der Waals surface area contributed by atoms with Crippen LogP contribution in [0, 0.1) is 6.92 Å². The SMILES string of the molecule is Cc1ccc(Br)cc1C(O)CCC1CCCO1. The summed E-state index contributed by atoms with van der Waals surface area (Å²) < 4.78 is 6.60. The highest BCUT2D eigenvalue weighted by Crippen LogP contribution is 2.27. The van der Waals surface area contributed by atoms with E-state index in [2.05, 4.69) is 15.9 Å². The van der Waals surface area contributed by atoms with Gasteiger partial charge >= 0.3 is 0 Å². The van der Waals surface area contributed by atoms with Crippen molar-refractivity contribution in [3.63, 3.8) is 0 Å². The van der Waals surface area contributed by atoms with Gasteiger partial charge in [-0.15, -0.1) is 0 Å². The van der Waals surface area contributed by atoms with E-state index in [9.17, 15) is 5.11 Å². The average molecular weight is 299 g/mol. The number of hydrogen-bond acceptors (Lipinski definition) is 2. The number of rotatable bonds is 4. The maximum absolute atomic E-state index is 10.2. The van der Waals surface area contributed by atoms with Gasteiger partial charge in [0.15, 0.2) is 0 Å². The number of aryl methyl sites for hydroxylation is 1. The normalized spacial score (nSPS) is 21.7. The van der Waals surface area contributed by atoms with Crippen LogP contribution in [0.5, 0.6) is 0 Å². The van der Waals surface area contributed by atoms with E-state index in [1.54, 1.807) is 0 Å². The monoisotopic (exact) mass is 298 g/mol. The second kappa shape index (κ2) is 5.98. The van der Waals surface area contributed by atoms with E-state index in [1.165, 1.54) is 0 Å². The van der Waals surface area contributed by atoms with Gasteiger partial charge in [0.2, 0.25) is 0 Å². The molecule has 1 aromatic rings. The molecule has 0 radical (unpaired) electrons. The largest absolute Gasteiger partial charge is 0.388 e. The van der Waals surface area contributed by atoms with Crippen LogP contribution in [0.2, 0.25) is 0 Å². The van der Waals surface area contributed by atoms with Gasteiger partial charge in [0, 0.05) is 11.1 Å². The summed E-state index contributed by atoms with van der Waals surface area (Å²) in [6.45, 7) is 2.92. The summed E-state index contributed by atoms with van der Waals surface area (Å²) in [5.74, 6) is 0. The van der Waals surface area contributed by atoms with Crippen LogP contribution in [-0.2, 0) is 4.74 Å². The summed E-state index contributed by atoms with van der Waals surface area (Å²) in [5, 5.41) is 10.2. The molecular formula is C14H19BrO2. The lowest BCUT2D eigenvalue weighted by atomic mass is 9.98. The molecule has 3 heteroatoms. The Kier molecular flexibility index (Phi) is 4.60. The van der Waals surface area contributed by atoms with Crippen LogP contribution in [0.3, 0.4) is 0 Å². The molecule has 1 saturated heterocycles. The maximum atomic E-state index is 10.2. The first-order valence-corrected chi connectivity index (χ1v) is 7.02. The standard InChI is InChI=1S/C14H19BrO2/c1-10-4-5-11(15)9-13(10)14(16)7-6-12-3-2-8-17-12/h4-5,9,12,14,16H,2-3,6-8H2,1H3. The first-order chi connectivity index (χ1) is 8.16. The molecule has 94 valence electrons. The van der Waals surface area contributed by atoms with Crippen LogP contribution in [0.15, 0.2) is 22.7 Å². The van der Waals surface area contributed by atoms with E-state index in [0.29, 0.717) is 6.10 Å². The third-order valence-corrected chi connectivity index (χ3v) is 3.88. The number of halogens is 1. The highest BCUT2D eigenvalue weighted by Gasteiger charge is 2.18. The molecule has 0 spiro atoms. The Morgan fingerprint density at radius 1 is 1.53 bits per heavy atom. The van der Waals surface area contributed by atoms with Gasteiger partial charge in [0.1, 0.15) is 0 Å². The highest BCUT2D eigenvalue weighted by atomic mass is 79.9. The van der Waals surface area contributed by atoms with E-state index in [0.717, 1.165) is 47.9 Å². The van der Waals surface area contributed by atoms with E-state index in [4.69, 9.17) is 4.74 Å². The van der Waals surface area contributed by atoms with Crippen molar-refractivity contribution in [1.29, 1.82) is 0 Å². The van der Waals surface area contributed by atoms with E-state index in [-0.39, 0.29) is 6.10 Å². The van der Waals surface area contributed by atoms with Crippen molar-refractivity contribution in [2.75, 3.05) is 6.61 Å². The minimum Gasteiger partial charge on any atom is -0.388 e. The molecule has 0 aromatic heterocycles. The van der Waals surface area contributed by atoms with Crippen molar-refractivity contribution >= 4 is 15.9 Å². The van der Waals surface area contributed by atoms with Crippen molar-refractivity contribution in [2.24, 2.45) is 0 Å². The zero-order chi connectivity index (χ0) is 12.3. The Hall–Kier alpha value is -0.380. The van der Waals surface area contributed by atoms with Crippen LogP contribution in [0.1, 0.15) is 42.9 Å². The predicted molar refractivity (Wildman–Crippen MR) is 72.0 cm³/mol. The Balaban J connectivity index is 1.93. The van der Waals surface area contributed by atoms with Crippen LogP contribution in [0.4, 0.5) is 0 Å². The van der Waals surface area contributed by atoms with Gasteiger partial charge < -0.3 is 9.84 Å². The molecule has 1 aliphatic heterocycles. The molecule has 1 heterocycles. The van der Waals surface area contributed by atoms with Crippen LogP contribution >= 0.6 is 15.9 Å². The van der Waals surface area contributed by atoms with Crippen LogP contribution < -0.4 is 0 Å². The zero-order valence-corrected chi connectivity index (χ0v) is 11.7. The number of ether oxygens (including phenoxy) is 1. The summed E-state index contributed by atoms with van der Waals surface area (Å²) in [4.78, 5) is 0. The quantitative estimate of drug-likeness (QED) is 0.917. The molecule has 2 nitrogen and oxygen atoms in total. The summed E-state index contributed by atoms with van der Waals surface area (Å²) in [5.41, 5.74) is 2.17. The average Bonchev–Trinajstić information content (AvgIpc) is 2.82. The van der Waals surface area contributed by atoms with Crippen molar-refractivity contribution in [1.82, 2.24) is 0 Å². The highest BCUT2D eigenvalue weighted by molar-refractivity contribution is 9.10. The smallest absolute Gasteiger partial charge is 0.0794 e. The molecule has 1 aliphatic rings. The number of aliphatic hydroxyl groups excluding tert-OH is 1. The molecule has 1 aromatic carbocycles. The van der Waals surface area contributed by atoms with Gasteiger partial charge in [-0.25, -0.2) is 0 Å². The molecule has 2 unspecified atom stereocenters. The fraction of sp³-hybridized carbons (Fsp3) is 0.571. The molecule has 17 heavy (non-hydrogen) atoms. The molecule has 0 aliphatic carbocycles. The molecule has 0 amide bonds. The van der Waals surface area contributed by atoms with Gasteiger partial charge in [-0.1, -0.05) is 22.0 Å². The minimum absolute atomic E-state index is 0.358. The molecule has 2 atom stereocenters. The summed E-state index contributed by atoms with van der Waals surface area (Å²) in [6.07, 6.45) is 4.02. The molecule has 1 fully saturated rings. The van der Waals surface area contributed by atoms with Crippen molar-refractivity contribution in [3.05, 3.63) is 33.8 Å². The second-order valence-corrected chi connectivity index (χ2v) is 5.64. The second-order valence-electron chi connectivity index (χ2n) is 4.73. The summed E-state index contributed by atoms with van der Waals surface area (Å²) in [7, 11) is 0. The first kappa shape index (κ1) is 13.1. The lowest BCUT2D eigenvalue weighted by molar-refractivity contribution is 0.0811. The topological polar surface area (TPSA) is 29.5 Å². The van der Waals surface area contributed by atoms with E-state index in [1.807, 2.05) is 25.1 Å². The summed E-state index contributed by atoms with van der Waals surface area (Å²) >= 11 is 3.45. The number of benzene rings is 1. The zero-order valence-electron chi connectivity index (χ0n) is 10.2. The maximum Gasteiger partial charge on any atom is 0.0794 e. The van der Waals surface area contributed by atoms with E-state index >= 15 is 0 Å². The molecule has 0 bridgehead atoms. The summed E-state index contributed by atoms with van der Waals surface area (Å²) in [6, 6.07) is 6.05.